The minimum Gasteiger partial charge on any atom is -0.352 e. The maximum Gasteiger partial charge on any atom is 0.224 e. The molecule has 17 heavy (non-hydrogen) atoms. The third-order valence-electron chi connectivity index (χ3n) is 3.76. The molecule has 1 amide bonds. The van der Waals surface area contributed by atoms with Crippen molar-refractivity contribution < 1.29 is 13.2 Å². The van der Waals surface area contributed by atoms with Crippen molar-refractivity contribution in [3.63, 3.8) is 0 Å². The van der Waals surface area contributed by atoms with Crippen LogP contribution in [0.15, 0.2) is 0 Å². The highest BCUT2D eigenvalue weighted by Crippen LogP contribution is 2.19. The Morgan fingerprint density at radius 3 is 2.71 bits per heavy atom. The molecule has 6 heteroatoms. The average molecular weight is 260 g/mol. The van der Waals surface area contributed by atoms with Gasteiger partial charge in [-0.05, 0) is 25.3 Å². The number of hydrogen-bond acceptors (Lipinski definition) is 4. The van der Waals surface area contributed by atoms with Gasteiger partial charge in [0.15, 0.2) is 9.84 Å². The van der Waals surface area contributed by atoms with Crippen LogP contribution in [0.4, 0.5) is 0 Å². The highest BCUT2D eigenvalue weighted by atomic mass is 32.2. The second-order valence-electron chi connectivity index (χ2n) is 5.19. The monoisotopic (exact) mass is 260 g/mol. The molecule has 98 valence electrons. The molecule has 2 fully saturated rings. The average Bonchev–Trinajstić information content (AvgIpc) is 2.62. The van der Waals surface area contributed by atoms with E-state index in [-0.39, 0.29) is 29.4 Å². The summed E-state index contributed by atoms with van der Waals surface area (Å²) in [6.45, 7) is 3.90. The molecule has 5 nitrogen and oxygen atoms in total. The van der Waals surface area contributed by atoms with Gasteiger partial charge in [-0.15, -0.1) is 0 Å². The molecule has 0 aliphatic carbocycles. The van der Waals surface area contributed by atoms with Crippen molar-refractivity contribution in [2.75, 3.05) is 24.6 Å². The summed E-state index contributed by atoms with van der Waals surface area (Å²) < 4.78 is 22.6. The Bertz CT molecular complexity index is 394. The van der Waals surface area contributed by atoms with Crippen molar-refractivity contribution in [3.8, 4) is 0 Å². The highest BCUT2D eigenvalue weighted by Gasteiger charge is 2.34. The molecule has 0 spiro atoms. The van der Waals surface area contributed by atoms with E-state index in [2.05, 4.69) is 17.6 Å². The molecule has 0 aromatic carbocycles. The van der Waals surface area contributed by atoms with Gasteiger partial charge < -0.3 is 10.6 Å². The van der Waals surface area contributed by atoms with Gasteiger partial charge in [0, 0.05) is 12.6 Å². The van der Waals surface area contributed by atoms with E-state index in [0.717, 1.165) is 19.5 Å². The van der Waals surface area contributed by atoms with Crippen LogP contribution < -0.4 is 10.6 Å². The van der Waals surface area contributed by atoms with Gasteiger partial charge in [-0.25, -0.2) is 8.42 Å². The second-order valence-corrected chi connectivity index (χ2v) is 7.41. The number of sulfone groups is 1. The smallest absolute Gasteiger partial charge is 0.224 e. The van der Waals surface area contributed by atoms with Crippen LogP contribution in [-0.4, -0.2) is 45.0 Å². The molecule has 2 heterocycles. The fourth-order valence-electron chi connectivity index (χ4n) is 2.49. The lowest BCUT2D eigenvalue weighted by Gasteiger charge is -2.31. The van der Waals surface area contributed by atoms with E-state index >= 15 is 0 Å². The van der Waals surface area contributed by atoms with Crippen molar-refractivity contribution in [1.82, 2.24) is 10.6 Å². The summed E-state index contributed by atoms with van der Waals surface area (Å²) in [4.78, 5) is 11.9. The summed E-state index contributed by atoms with van der Waals surface area (Å²) in [6.07, 6.45) is 1.52. The Hall–Kier alpha value is -0.620. The quantitative estimate of drug-likeness (QED) is 0.704. The molecule has 3 unspecified atom stereocenters. The molecule has 3 atom stereocenters. The van der Waals surface area contributed by atoms with Gasteiger partial charge in [-0.1, -0.05) is 6.92 Å². The Morgan fingerprint density at radius 1 is 1.35 bits per heavy atom. The molecular formula is C11H20N2O3S. The Labute approximate surface area is 102 Å². The molecule has 0 bridgehead atoms. The maximum atomic E-state index is 11.9. The predicted octanol–water partition coefficient (Wildman–Crippen LogP) is -0.465. The normalized spacial score (nSPS) is 36.6. The van der Waals surface area contributed by atoms with Crippen molar-refractivity contribution >= 4 is 15.7 Å². The van der Waals surface area contributed by atoms with Crippen LogP contribution >= 0.6 is 0 Å². The fourth-order valence-corrected chi connectivity index (χ4v) is 4.23. The van der Waals surface area contributed by atoms with Gasteiger partial charge in [-0.2, -0.15) is 0 Å². The summed E-state index contributed by atoms with van der Waals surface area (Å²) in [6, 6.07) is 0.138. The molecule has 0 saturated carbocycles. The van der Waals surface area contributed by atoms with Crippen molar-refractivity contribution in [1.29, 1.82) is 0 Å². The van der Waals surface area contributed by atoms with Crippen LogP contribution in [0.3, 0.4) is 0 Å². The van der Waals surface area contributed by atoms with Crippen LogP contribution in [0, 0.1) is 11.8 Å². The van der Waals surface area contributed by atoms with E-state index in [1.807, 2.05) is 0 Å². The van der Waals surface area contributed by atoms with Gasteiger partial charge in [0.25, 0.3) is 0 Å². The van der Waals surface area contributed by atoms with E-state index in [1.165, 1.54) is 0 Å². The molecule has 2 aliphatic rings. The zero-order valence-electron chi connectivity index (χ0n) is 10.1. The summed E-state index contributed by atoms with van der Waals surface area (Å²) in [5.41, 5.74) is 0. The first-order valence-corrected chi connectivity index (χ1v) is 8.01. The SMILES string of the molecule is CC1CCNCC1NC(=O)C1CCS(=O)(=O)C1. The van der Waals surface area contributed by atoms with Gasteiger partial charge in [0.05, 0.1) is 17.4 Å². The first kappa shape index (κ1) is 12.8. The third kappa shape index (κ3) is 3.19. The van der Waals surface area contributed by atoms with Crippen molar-refractivity contribution in [2.24, 2.45) is 11.8 Å². The largest absolute Gasteiger partial charge is 0.352 e. The fraction of sp³-hybridized carbons (Fsp3) is 0.909. The van der Waals surface area contributed by atoms with Gasteiger partial charge in [0.1, 0.15) is 0 Å². The zero-order chi connectivity index (χ0) is 12.5. The summed E-state index contributed by atoms with van der Waals surface area (Å²) in [5, 5.41) is 6.23. The lowest BCUT2D eigenvalue weighted by Crippen LogP contribution is -2.51. The van der Waals surface area contributed by atoms with Crippen molar-refractivity contribution in [2.45, 2.75) is 25.8 Å². The van der Waals surface area contributed by atoms with E-state index in [4.69, 9.17) is 0 Å². The molecule has 2 saturated heterocycles. The van der Waals surface area contributed by atoms with Crippen molar-refractivity contribution in [3.05, 3.63) is 0 Å². The number of piperidine rings is 1. The maximum absolute atomic E-state index is 11.9. The number of rotatable bonds is 2. The summed E-state index contributed by atoms with van der Waals surface area (Å²) >= 11 is 0. The van der Waals surface area contributed by atoms with E-state index < -0.39 is 9.84 Å². The molecule has 2 N–H and O–H groups in total. The minimum atomic E-state index is -2.97. The molecule has 2 aliphatic heterocycles. The van der Waals surface area contributed by atoms with E-state index in [9.17, 15) is 13.2 Å². The van der Waals surface area contributed by atoms with Crippen LogP contribution in [0.1, 0.15) is 19.8 Å². The second kappa shape index (κ2) is 4.94. The summed E-state index contributed by atoms with van der Waals surface area (Å²) in [7, 11) is -2.97. The third-order valence-corrected chi connectivity index (χ3v) is 5.53. The van der Waals surface area contributed by atoms with E-state index in [1.54, 1.807) is 0 Å². The topological polar surface area (TPSA) is 75.3 Å². The first-order valence-electron chi connectivity index (χ1n) is 6.19. The van der Waals surface area contributed by atoms with Crippen LogP contribution in [0.25, 0.3) is 0 Å². The number of amides is 1. The predicted molar refractivity (Wildman–Crippen MR) is 65.3 cm³/mol. The molecule has 2 rings (SSSR count). The number of carbonyl (C=O) groups is 1. The molecule has 0 aromatic heterocycles. The molecular weight excluding hydrogens is 240 g/mol. The highest BCUT2D eigenvalue weighted by molar-refractivity contribution is 7.91. The summed E-state index contributed by atoms with van der Waals surface area (Å²) in [5.74, 6) is 0.204. The number of carbonyl (C=O) groups excluding carboxylic acids is 1. The van der Waals surface area contributed by atoms with Crippen LogP contribution in [0.5, 0.6) is 0 Å². The van der Waals surface area contributed by atoms with Crippen LogP contribution in [-0.2, 0) is 14.6 Å². The molecule has 0 aromatic rings. The lowest BCUT2D eigenvalue weighted by atomic mass is 9.94. The Balaban J connectivity index is 1.89. The van der Waals surface area contributed by atoms with Gasteiger partial charge >= 0.3 is 0 Å². The lowest BCUT2D eigenvalue weighted by molar-refractivity contribution is -0.125. The van der Waals surface area contributed by atoms with Gasteiger partial charge in [0.2, 0.25) is 5.91 Å². The minimum absolute atomic E-state index is 0.0212. The Kier molecular flexibility index (Phi) is 3.73. The standard InChI is InChI=1S/C11H20N2O3S/c1-8-2-4-12-6-10(8)13-11(14)9-3-5-17(15,16)7-9/h8-10,12H,2-7H2,1H3,(H,13,14). The Morgan fingerprint density at radius 2 is 2.12 bits per heavy atom. The van der Waals surface area contributed by atoms with Crippen LogP contribution in [0.2, 0.25) is 0 Å². The molecule has 0 radical (unpaired) electrons. The number of nitrogens with one attached hydrogen (secondary N) is 2. The zero-order valence-corrected chi connectivity index (χ0v) is 10.9. The first-order chi connectivity index (χ1) is 7.98. The van der Waals surface area contributed by atoms with Gasteiger partial charge in [-0.3, -0.25) is 4.79 Å². The number of hydrogen-bond donors (Lipinski definition) is 2. The van der Waals surface area contributed by atoms with E-state index in [0.29, 0.717) is 12.3 Å².